The van der Waals surface area contributed by atoms with Crippen molar-refractivity contribution in [3.05, 3.63) is 138 Å². The molecule has 0 aliphatic rings. The first kappa shape index (κ1) is 49.4. The number of halogens is 1. The van der Waals surface area contributed by atoms with Crippen LogP contribution in [0.1, 0.15) is 105 Å². The molecule has 340 valence electrons. The minimum Gasteiger partial charge on any atom is -0.489 e. The number of carbonyl (C=O) groups is 3. The predicted molar refractivity (Wildman–Crippen MR) is 254 cm³/mol. The van der Waals surface area contributed by atoms with Crippen molar-refractivity contribution in [1.82, 2.24) is 0 Å². The molecule has 2 atom stereocenters. The fraction of sp³-hybridized carbons (Fsp3) is 0.365. The number of rotatable bonds is 19. The van der Waals surface area contributed by atoms with E-state index in [2.05, 4.69) is 64.3 Å². The third kappa shape index (κ3) is 11.7. The number of sulfone groups is 1. The van der Waals surface area contributed by atoms with Crippen LogP contribution in [0.15, 0.2) is 131 Å². The maximum absolute atomic E-state index is 14.0. The third-order valence-electron chi connectivity index (χ3n) is 11.6. The van der Waals surface area contributed by atoms with Gasteiger partial charge in [-0.15, -0.1) is 0 Å². The lowest BCUT2D eigenvalue weighted by atomic mass is 9.76. The molecule has 0 aliphatic heterocycles. The minimum absolute atomic E-state index is 0.0211. The minimum atomic E-state index is -3.96. The summed E-state index contributed by atoms with van der Waals surface area (Å²) < 4.78 is 45.3. The lowest BCUT2D eigenvalue weighted by molar-refractivity contribution is -0.144. The molecule has 0 spiro atoms. The summed E-state index contributed by atoms with van der Waals surface area (Å²) in [6, 6.07) is 33.7. The van der Waals surface area contributed by atoms with Gasteiger partial charge in [0.25, 0.3) is 11.8 Å². The van der Waals surface area contributed by atoms with Crippen LogP contribution in [0.25, 0.3) is 0 Å². The Hall–Kier alpha value is -5.65. The molecule has 0 heterocycles. The number of nitrogens with one attached hydrogen (secondary N) is 2. The first-order valence-electron chi connectivity index (χ1n) is 21.6. The zero-order valence-electron chi connectivity index (χ0n) is 38.5. The second-order valence-corrected chi connectivity index (χ2v) is 20.7. The second kappa shape index (κ2) is 20.0. The Morgan fingerprint density at radius 1 is 0.656 bits per heavy atom. The molecule has 10 nitrogen and oxygen atoms in total. The predicted octanol–water partition coefficient (Wildman–Crippen LogP) is 11.8. The lowest BCUT2D eigenvalue weighted by Gasteiger charge is -2.31. The summed E-state index contributed by atoms with van der Waals surface area (Å²) in [5, 5.41) is 3.02. The number of Topliss-reactive ketones (excluding diaryl/α,β-unsaturated/α-hetero) is 1. The zero-order chi connectivity index (χ0) is 47.1. The smallest absolute Gasteiger partial charge is 0.320 e. The molecule has 0 aliphatic carbocycles. The van der Waals surface area contributed by atoms with Gasteiger partial charge in [0.2, 0.25) is 15.6 Å². The van der Waals surface area contributed by atoms with Gasteiger partial charge >= 0.3 is 5.06 Å². The van der Waals surface area contributed by atoms with Gasteiger partial charge in [-0.05, 0) is 114 Å². The van der Waals surface area contributed by atoms with E-state index < -0.39 is 38.1 Å². The molecule has 2 unspecified atom stereocenters. The largest absolute Gasteiger partial charge is 0.489 e. The average Bonchev–Trinajstić information content (AvgIpc) is 3.27. The highest BCUT2D eigenvalue weighted by Crippen LogP contribution is 2.39. The van der Waals surface area contributed by atoms with Crippen molar-refractivity contribution in [1.29, 1.82) is 0 Å². The second-order valence-electron chi connectivity index (χ2n) is 18.2. The molecule has 2 N–H and O–H groups in total. The number of ether oxygens (including phenoxy) is 3. The van der Waals surface area contributed by atoms with E-state index in [0.29, 0.717) is 30.2 Å². The van der Waals surface area contributed by atoms with Gasteiger partial charge in [0, 0.05) is 22.4 Å². The Morgan fingerprint density at radius 3 is 1.77 bits per heavy atom. The van der Waals surface area contributed by atoms with Crippen molar-refractivity contribution in [2.75, 3.05) is 10.6 Å². The zero-order valence-corrected chi connectivity index (χ0v) is 40.1. The van der Waals surface area contributed by atoms with Crippen LogP contribution in [-0.2, 0) is 41.7 Å². The van der Waals surface area contributed by atoms with E-state index in [1.54, 1.807) is 51.1 Å². The number of ketones is 1. The molecule has 0 aromatic heterocycles. The highest BCUT2D eigenvalue weighted by Gasteiger charge is 2.51. The van der Waals surface area contributed by atoms with E-state index in [9.17, 15) is 22.8 Å². The molecule has 5 rings (SSSR count). The van der Waals surface area contributed by atoms with E-state index >= 15 is 0 Å². The van der Waals surface area contributed by atoms with Crippen molar-refractivity contribution < 1.29 is 37.0 Å². The summed E-state index contributed by atoms with van der Waals surface area (Å²) in [6.45, 7) is 20.1. The number of hydrogen-bond donors (Lipinski definition) is 2. The summed E-state index contributed by atoms with van der Waals surface area (Å²) in [5.74, 6) is -0.963. The molecule has 0 fully saturated rings. The number of anilines is 2. The van der Waals surface area contributed by atoms with Crippen LogP contribution >= 0.6 is 11.6 Å². The standard InChI is InChI=1S/C52H61ClN2O8S/c1-11-44(62-45-31-22-36(50(7,8)12-2)32-43(45)51(9,10)13-3)46(56)54-37-20-17-21-38(33-37)55-48(58)52(53,47(57)49(4,5)6)63-40-25-29-42(30-26-40)64(59,60)41-27-23-39(24-28-41)61-34-35-18-15-14-16-19-35/h14-33,44H,11-13,34H2,1-10H3,(H,54,56)(H,55,58). The van der Waals surface area contributed by atoms with Crippen LogP contribution < -0.4 is 24.8 Å². The molecular formula is C52H61ClN2O8S. The van der Waals surface area contributed by atoms with E-state index in [-0.39, 0.29) is 38.0 Å². The van der Waals surface area contributed by atoms with Crippen LogP contribution in [0.4, 0.5) is 11.4 Å². The maximum Gasteiger partial charge on any atom is 0.320 e. The lowest BCUT2D eigenvalue weighted by Crippen LogP contribution is -2.54. The normalized spacial score (nSPS) is 13.5. The van der Waals surface area contributed by atoms with Crippen LogP contribution in [0, 0.1) is 5.41 Å². The Morgan fingerprint density at radius 2 is 1.22 bits per heavy atom. The van der Waals surface area contributed by atoms with Crippen molar-refractivity contribution in [3.8, 4) is 17.2 Å². The fourth-order valence-corrected chi connectivity index (χ4v) is 8.36. The molecule has 0 bridgehead atoms. The third-order valence-corrected chi connectivity index (χ3v) is 13.8. The summed E-state index contributed by atoms with van der Waals surface area (Å²) >= 11 is 6.87. The highest BCUT2D eigenvalue weighted by molar-refractivity contribution is 7.91. The van der Waals surface area contributed by atoms with Crippen LogP contribution in [0.2, 0.25) is 0 Å². The van der Waals surface area contributed by atoms with Gasteiger partial charge in [-0.25, -0.2) is 8.42 Å². The van der Waals surface area contributed by atoms with Crippen molar-refractivity contribution in [2.45, 2.75) is 127 Å². The van der Waals surface area contributed by atoms with Crippen LogP contribution in [-0.4, -0.2) is 37.2 Å². The number of amides is 2. The van der Waals surface area contributed by atoms with Gasteiger partial charge in [0.05, 0.1) is 9.79 Å². The Labute approximate surface area is 384 Å². The summed E-state index contributed by atoms with van der Waals surface area (Å²) in [4.78, 5) is 41.6. The van der Waals surface area contributed by atoms with Gasteiger partial charge in [-0.1, -0.05) is 129 Å². The molecule has 5 aromatic carbocycles. The van der Waals surface area contributed by atoms with E-state index in [1.165, 1.54) is 48.0 Å². The Kier molecular flexibility index (Phi) is 15.5. The highest BCUT2D eigenvalue weighted by atomic mass is 35.5. The van der Waals surface area contributed by atoms with Crippen molar-refractivity contribution in [2.24, 2.45) is 5.41 Å². The Bertz CT molecular complexity index is 2530. The molecule has 0 radical (unpaired) electrons. The first-order chi connectivity index (χ1) is 30.0. The fourth-order valence-electron chi connectivity index (χ4n) is 6.68. The molecule has 2 amide bonds. The summed E-state index contributed by atoms with van der Waals surface area (Å²) in [7, 11) is -3.96. The number of alkyl halides is 1. The van der Waals surface area contributed by atoms with E-state index in [4.69, 9.17) is 25.8 Å². The first-order valence-corrected chi connectivity index (χ1v) is 23.5. The number of hydrogen-bond acceptors (Lipinski definition) is 8. The van der Waals surface area contributed by atoms with Crippen molar-refractivity contribution in [3.63, 3.8) is 0 Å². The Balaban J connectivity index is 1.30. The topological polar surface area (TPSA) is 137 Å². The van der Waals surface area contributed by atoms with Gasteiger partial charge in [-0.3, -0.25) is 14.4 Å². The van der Waals surface area contributed by atoms with E-state index in [1.807, 2.05) is 43.3 Å². The maximum atomic E-state index is 14.0. The molecule has 0 saturated carbocycles. The monoisotopic (exact) mass is 908 g/mol. The van der Waals surface area contributed by atoms with Crippen LogP contribution in [0.5, 0.6) is 17.2 Å². The van der Waals surface area contributed by atoms with Crippen LogP contribution in [0.3, 0.4) is 0 Å². The molecule has 0 saturated heterocycles. The number of carbonyl (C=O) groups excluding carboxylic acids is 3. The average molecular weight is 910 g/mol. The SMILES string of the molecule is CCC(Oc1ccc(C(C)(C)CC)cc1C(C)(C)CC)C(=O)Nc1cccc(NC(=O)C(Cl)(Oc2ccc(S(=O)(=O)c3ccc(OCc4ccccc4)cc3)cc2)C(=O)C(C)(C)C)c1. The van der Waals surface area contributed by atoms with Gasteiger partial charge in [-0.2, -0.15) is 0 Å². The summed E-state index contributed by atoms with van der Waals surface area (Å²) in [5.41, 5.74) is 2.45. The van der Waals surface area contributed by atoms with Gasteiger partial charge < -0.3 is 24.8 Å². The quantitative estimate of drug-likeness (QED) is 0.0617. The van der Waals surface area contributed by atoms with Crippen molar-refractivity contribution >= 4 is 50.4 Å². The summed E-state index contributed by atoms with van der Waals surface area (Å²) in [6.07, 6.45) is 1.41. The number of benzene rings is 5. The molecule has 12 heteroatoms. The van der Waals surface area contributed by atoms with E-state index in [0.717, 1.165) is 24.0 Å². The van der Waals surface area contributed by atoms with Gasteiger partial charge in [0.1, 0.15) is 23.9 Å². The molecule has 5 aromatic rings. The molecule has 64 heavy (non-hydrogen) atoms. The molecular weight excluding hydrogens is 848 g/mol. The van der Waals surface area contributed by atoms with Gasteiger partial charge in [0.15, 0.2) is 6.10 Å².